The van der Waals surface area contributed by atoms with Crippen molar-refractivity contribution in [2.45, 2.75) is 13.1 Å². The van der Waals surface area contributed by atoms with Crippen molar-refractivity contribution < 1.29 is 9.47 Å². The van der Waals surface area contributed by atoms with Gasteiger partial charge in [-0.25, -0.2) is 0 Å². The third-order valence-electron chi connectivity index (χ3n) is 3.95. The van der Waals surface area contributed by atoms with E-state index in [1.54, 1.807) is 21.3 Å². The van der Waals surface area contributed by atoms with Gasteiger partial charge < -0.3 is 20.1 Å². The van der Waals surface area contributed by atoms with Crippen molar-refractivity contribution in [3.05, 3.63) is 54.0 Å². The lowest BCUT2D eigenvalue weighted by molar-refractivity contribution is 0.351. The van der Waals surface area contributed by atoms with Gasteiger partial charge in [-0.15, -0.1) is 10.2 Å². The zero-order valence-electron chi connectivity index (χ0n) is 15.1. The van der Waals surface area contributed by atoms with Crippen LogP contribution in [0.25, 0.3) is 5.65 Å². The molecule has 2 heterocycles. The number of methoxy groups -OCH3 is 2. The molecule has 3 aromatic rings. The molecule has 0 atom stereocenters. The van der Waals surface area contributed by atoms with Crippen LogP contribution in [0.15, 0.2) is 47.6 Å². The molecule has 8 nitrogen and oxygen atoms in total. The highest BCUT2D eigenvalue weighted by molar-refractivity contribution is 5.79. The van der Waals surface area contributed by atoms with Crippen LogP contribution in [0.3, 0.4) is 0 Å². The number of nitrogens with one attached hydrogen (secondary N) is 2. The Morgan fingerprint density at radius 1 is 1.04 bits per heavy atom. The summed E-state index contributed by atoms with van der Waals surface area (Å²) in [6.07, 6.45) is 1.93. The fraction of sp³-hybridized carbons (Fsp3) is 0.278. The number of hydrogen-bond acceptors (Lipinski definition) is 5. The second-order valence-electron chi connectivity index (χ2n) is 5.48. The van der Waals surface area contributed by atoms with Crippen LogP contribution in [0.2, 0.25) is 0 Å². The number of benzene rings is 1. The van der Waals surface area contributed by atoms with Crippen LogP contribution in [0.4, 0.5) is 0 Å². The first-order chi connectivity index (χ1) is 12.8. The van der Waals surface area contributed by atoms with Gasteiger partial charge in [0.2, 0.25) is 0 Å². The maximum Gasteiger partial charge on any atom is 0.191 e. The van der Waals surface area contributed by atoms with Gasteiger partial charge in [0.1, 0.15) is 0 Å². The van der Waals surface area contributed by atoms with Gasteiger partial charge in [-0.2, -0.15) is 0 Å². The van der Waals surface area contributed by atoms with Crippen LogP contribution in [0.5, 0.6) is 11.5 Å². The van der Waals surface area contributed by atoms with Gasteiger partial charge in [0.25, 0.3) is 0 Å². The molecule has 3 rings (SSSR count). The summed E-state index contributed by atoms with van der Waals surface area (Å²) < 4.78 is 12.7. The number of ether oxygens (including phenoxy) is 2. The van der Waals surface area contributed by atoms with Crippen molar-refractivity contribution in [2.24, 2.45) is 4.99 Å². The Labute approximate surface area is 151 Å². The van der Waals surface area contributed by atoms with E-state index in [1.807, 2.05) is 47.0 Å². The SMILES string of the molecule is CN=C(NCc1cccc(OC)c1OC)NCc1nnc2ccccn12. The summed E-state index contributed by atoms with van der Waals surface area (Å²) in [5, 5.41) is 14.9. The largest absolute Gasteiger partial charge is 0.493 e. The number of fused-ring (bicyclic) bond motifs is 1. The first kappa shape index (κ1) is 17.5. The van der Waals surface area contributed by atoms with Crippen molar-refractivity contribution in [3.63, 3.8) is 0 Å². The molecule has 2 aromatic heterocycles. The average Bonchev–Trinajstić information content (AvgIpc) is 3.11. The van der Waals surface area contributed by atoms with Crippen molar-refractivity contribution >= 4 is 11.6 Å². The second-order valence-corrected chi connectivity index (χ2v) is 5.48. The zero-order chi connectivity index (χ0) is 18.4. The summed E-state index contributed by atoms with van der Waals surface area (Å²) in [6.45, 7) is 1.04. The predicted molar refractivity (Wildman–Crippen MR) is 99.6 cm³/mol. The zero-order valence-corrected chi connectivity index (χ0v) is 15.1. The Morgan fingerprint density at radius 2 is 1.88 bits per heavy atom. The monoisotopic (exact) mass is 354 g/mol. The fourth-order valence-corrected chi connectivity index (χ4v) is 2.67. The van der Waals surface area contributed by atoms with Crippen LogP contribution < -0.4 is 20.1 Å². The van der Waals surface area contributed by atoms with Crippen LogP contribution in [0, 0.1) is 0 Å². The van der Waals surface area contributed by atoms with Gasteiger partial charge in [-0.3, -0.25) is 9.39 Å². The lowest BCUT2D eigenvalue weighted by Gasteiger charge is -2.15. The number of aromatic nitrogens is 3. The molecule has 0 aliphatic carbocycles. The number of para-hydroxylation sites is 1. The molecule has 0 bridgehead atoms. The summed E-state index contributed by atoms with van der Waals surface area (Å²) in [5.74, 6) is 2.87. The van der Waals surface area contributed by atoms with Gasteiger partial charge in [0.05, 0.1) is 20.8 Å². The highest BCUT2D eigenvalue weighted by Crippen LogP contribution is 2.30. The lowest BCUT2D eigenvalue weighted by Crippen LogP contribution is -2.36. The summed E-state index contributed by atoms with van der Waals surface area (Å²) in [7, 11) is 4.98. The molecule has 0 amide bonds. The summed E-state index contributed by atoms with van der Waals surface area (Å²) in [6, 6.07) is 11.6. The van der Waals surface area contributed by atoms with Crippen molar-refractivity contribution in [1.82, 2.24) is 25.2 Å². The number of guanidine groups is 1. The van der Waals surface area contributed by atoms with E-state index in [0.717, 1.165) is 17.0 Å². The molecule has 2 N–H and O–H groups in total. The predicted octanol–water partition coefficient (Wildman–Crippen LogP) is 1.61. The van der Waals surface area contributed by atoms with Crippen LogP contribution in [-0.4, -0.2) is 41.8 Å². The highest BCUT2D eigenvalue weighted by atomic mass is 16.5. The van der Waals surface area contributed by atoms with E-state index in [9.17, 15) is 0 Å². The normalized spacial score (nSPS) is 11.4. The quantitative estimate of drug-likeness (QED) is 0.517. The van der Waals surface area contributed by atoms with Crippen molar-refractivity contribution in [2.75, 3.05) is 21.3 Å². The highest BCUT2D eigenvalue weighted by Gasteiger charge is 2.10. The number of rotatable bonds is 6. The van der Waals surface area contributed by atoms with E-state index >= 15 is 0 Å². The van der Waals surface area contributed by atoms with Gasteiger partial charge in [0, 0.05) is 25.4 Å². The number of hydrogen-bond donors (Lipinski definition) is 2. The van der Waals surface area contributed by atoms with Gasteiger partial charge in [-0.1, -0.05) is 18.2 Å². The van der Waals surface area contributed by atoms with Crippen molar-refractivity contribution in [1.29, 1.82) is 0 Å². The maximum atomic E-state index is 5.45. The van der Waals surface area contributed by atoms with Crippen LogP contribution in [0.1, 0.15) is 11.4 Å². The molecule has 1 aromatic carbocycles. The molecule has 0 aliphatic rings. The third-order valence-corrected chi connectivity index (χ3v) is 3.95. The minimum atomic E-state index is 0.500. The Hall–Kier alpha value is -3.29. The molecular formula is C18H22N6O2. The number of pyridine rings is 1. The van der Waals surface area contributed by atoms with Gasteiger partial charge in [-0.05, 0) is 18.2 Å². The molecule has 0 radical (unpaired) electrons. The Balaban J connectivity index is 1.64. The molecule has 0 spiro atoms. The van der Waals surface area contributed by atoms with E-state index in [0.29, 0.717) is 30.5 Å². The second kappa shape index (κ2) is 8.19. The summed E-state index contributed by atoms with van der Waals surface area (Å²) >= 11 is 0. The smallest absolute Gasteiger partial charge is 0.191 e. The standard InChI is InChI=1S/C18H22N6O2/c1-19-18(20-11-13-7-6-8-14(25-2)17(13)26-3)21-12-16-23-22-15-9-4-5-10-24(15)16/h4-10H,11-12H2,1-3H3,(H2,19,20,21). The Morgan fingerprint density at radius 3 is 2.65 bits per heavy atom. The molecule has 136 valence electrons. The van der Waals surface area contributed by atoms with E-state index in [2.05, 4.69) is 25.8 Å². The average molecular weight is 354 g/mol. The minimum Gasteiger partial charge on any atom is -0.493 e. The number of aliphatic imine (C=N–C) groups is 1. The molecular weight excluding hydrogens is 332 g/mol. The molecule has 0 fully saturated rings. The van der Waals surface area contributed by atoms with Gasteiger partial charge >= 0.3 is 0 Å². The van der Waals surface area contributed by atoms with Crippen LogP contribution >= 0.6 is 0 Å². The topological polar surface area (TPSA) is 85.1 Å². The van der Waals surface area contributed by atoms with E-state index in [-0.39, 0.29) is 0 Å². The lowest BCUT2D eigenvalue weighted by atomic mass is 10.2. The van der Waals surface area contributed by atoms with E-state index < -0.39 is 0 Å². The fourth-order valence-electron chi connectivity index (χ4n) is 2.67. The first-order valence-corrected chi connectivity index (χ1v) is 8.20. The molecule has 8 heteroatoms. The Kier molecular flexibility index (Phi) is 5.52. The van der Waals surface area contributed by atoms with E-state index in [4.69, 9.17) is 9.47 Å². The molecule has 0 aliphatic heterocycles. The molecule has 0 saturated heterocycles. The maximum absolute atomic E-state index is 5.45. The molecule has 26 heavy (non-hydrogen) atoms. The number of nitrogens with zero attached hydrogens (tertiary/aromatic N) is 4. The molecule has 0 unspecified atom stereocenters. The van der Waals surface area contributed by atoms with E-state index in [1.165, 1.54) is 0 Å². The van der Waals surface area contributed by atoms with Gasteiger partial charge in [0.15, 0.2) is 28.9 Å². The first-order valence-electron chi connectivity index (χ1n) is 8.20. The van der Waals surface area contributed by atoms with Crippen molar-refractivity contribution in [3.8, 4) is 11.5 Å². The minimum absolute atomic E-state index is 0.500. The summed E-state index contributed by atoms with van der Waals surface area (Å²) in [4.78, 5) is 4.25. The summed E-state index contributed by atoms with van der Waals surface area (Å²) in [5.41, 5.74) is 1.79. The van der Waals surface area contributed by atoms with Crippen LogP contribution in [-0.2, 0) is 13.1 Å². The Bertz CT molecular complexity index is 906. The molecule has 0 saturated carbocycles. The third kappa shape index (κ3) is 3.69.